The number of aromatic amines is 1. The second kappa shape index (κ2) is 4.40. The number of nitrogens with one attached hydrogen (secondary N) is 1. The summed E-state index contributed by atoms with van der Waals surface area (Å²) in [5, 5.41) is 13.2. The van der Waals surface area contributed by atoms with Gasteiger partial charge in [0.05, 0.1) is 23.8 Å². The lowest BCUT2D eigenvalue weighted by Crippen LogP contribution is -1.97. The van der Waals surface area contributed by atoms with Crippen LogP contribution in [-0.4, -0.2) is 36.6 Å². The monoisotopic (exact) mass is 238 g/mol. The Hall–Kier alpha value is -1.76. The molecule has 2 heterocycles. The molecule has 0 bridgehead atoms. The summed E-state index contributed by atoms with van der Waals surface area (Å²) in [7, 11) is 1.83. The van der Waals surface area contributed by atoms with Crippen LogP contribution in [0.3, 0.4) is 0 Å². The Bertz CT molecular complexity index is 505. The molecule has 0 amide bonds. The number of H-pyrrole nitrogens is 1. The molecule has 0 spiro atoms. The fourth-order valence-corrected chi connectivity index (χ4v) is 1.78. The van der Waals surface area contributed by atoms with Crippen LogP contribution in [0.25, 0.3) is 11.3 Å². The van der Waals surface area contributed by atoms with Crippen molar-refractivity contribution in [2.45, 2.75) is 5.16 Å². The van der Waals surface area contributed by atoms with Crippen molar-refractivity contribution >= 4 is 17.7 Å². The molecule has 2 N–H and O–H groups in total. The van der Waals surface area contributed by atoms with E-state index >= 15 is 0 Å². The summed E-state index contributed by atoms with van der Waals surface area (Å²) in [6.45, 7) is 0. The van der Waals surface area contributed by atoms with E-state index in [1.807, 2.05) is 13.2 Å². The average molecular weight is 238 g/mol. The van der Waals surface area contributed by atoms with Crippen LogP contribution in [0.1, 0.15) is 0 Å². The number of imidazole rings is 1. The van der Waals surface area contributed by atoms with Gasteiger partial charge in [0.1, 0.15) is 0 Å². The maximum absolute atomic E-state index is 10.4. The minimum atomic E-state index is -0.857. The Labute approximate surface area is 95.7 Å². The molecule has 7 heteroatoms. The molecular weight excluding hydrogens is 228 g/mol. The zero-order chi connectivity index (χ0) is 11.5. The Balaban J connectivity index is 2.10. The van der Waals surface area contributed by atoms with E-state index < -0.39 is 5.97 Å². The number of carboxylic acid groups (broad SMARTS) is 1. The first-order valence-corrected chi connectivity index (χ1v) is 5.52. The number of aromatic nitrogens is 4. The fraction of sp³-hybridized carbons (Fsp3) is 0.222. The SMILES string of the molecule is Cn1cc(-c2cnc(SCC(=O)O)[nH]2)cn1. The number of hydrogen-bond donors (Lipinski definition) is 2. The summed E-state index contributed by atoms with van der Waals surface area (Å²) < 4.78 is 1.69. The van der Waals surface area contributed by atoms with Crippen LogP contribution in [0.4, 0.5) is 0 Å². The minimum Gasteiger partial charge on any atom is -0.481 e. The molecule has 0 atom stereocenters. The molecule has 0 saturated heterocycles. The lowest BCUT2D eigenvalue weighted by atomic mass is 10.3. The molecule has 2 aromatic rings. The lowest BCUT2D eigenvalue weighted by molar-refractivity contribution is -0.133. The zero-order valence-corrected chi connectivity index (χ0v) is 9.36. The first-order chi connectivity index (χ1) is 7.65. The number of carboxylic acids is 1. The molecule has 2 rings (SSSR count). The van der Waals surface area contributed by atoms with Crippen LogP contribution in [0.15, 0.2) is 23.7 Å². The van der Waals surface area contributed by atoms with Gasteiger partial charge in [0.15, 0.2) is 5.16 Å². The quantitative estimate of drug-likeness (QED) is 0.776. The van der Waals surface area contributed by atoms with Gasteiger partial charge in [-0.15, -0.1) is 0 Å². The molecule has 0 saturated carbocycles. The molecule has 2 aromatic heterocycles. The van der Waals surface area contributed by atoms with E-state index in [0.29, 0.717) is 5.16 Å². The third kappa shape index (κ3) is 2.43. The number of nitrogens with zero attached hydrogens (tertiary/aromatic N) is 3. The Kier molecular flexibility index (Phi) is 2.95. The van der Waals surface area contributed by atoms with Gasteiger partial charge in [-0.05, 0) is 0 Å². The molecule has 84 valence electrons. The number of rotatable bonds is 4. The van der Waals surface area contributed by atoms with Crippen molar-refractivity contribution in [2.75, 3.05) is 5.75 Å². The molecule has 0 fully saturated rings. The van der Waals surface area contributed by atoms with E-state index in [0.717, 1.165) is 23.0 Å². The van der Waals surface area contributed by atoms with Gasteiger partial charge < -0.3 is 10.1 Å². The van der Waals surface area contributed by atoms with Crippen LogP contribution >= 0.6 is 11.8 Å². The largest absolute Gasteiger partial charge is 0.481 e. The summed E-state index contributed by atoms with van der Waals surface area (Å²) >= 11 is 1.16. The van der Waals surface area contributed by atoms with Crippen LogP contribution in [0.5, 0.6) is 0 Å². The van der Waals surface area contributed by atoms with Gasteiger partial charge in [-0.3, -0.25) is 9.48 Å². The third-order valence-electron chi connectivity index (χ3n) is 1.90. The van der Waals surface area contributed by atoms with Crippen LogP contribution < -0.4 is 0 Å². The average Bonchev–Trinajstić information content (AvgIpc) is 2.83. The second-order valence-corrected chi connectivity index (χ2v) is 4.15. The van der Waals surface area contributed by atoms with Crippen molar-refractivity contribution in [3.8, 4) is 11.3 Å². The second-order valence-electron chi connectivity index (χ2n) is 3.19. The molecular formula is C9H10N4O2S. The summed E-state index contributed by atoms with van der Waals surface area (Å²) in [6.07, 6.45) is 5.25. The summed E-state index contributed by atoms with van der Waals surface area (Å²) in [6, 6.07) is 0. The highest BCUT2D eigenvalue weighted by atomic mass is 32.2. The number of carbonyl (C=O) groups is 1. The molecule has 0 radical (unpaired) electrons. The summed E-state index contributed by atoms with van der Waals surface area (Å²) in [5.74, 6) is -0.857. The zero-order valence-electron chi connectivity index (χ0n) is 8.54. The van der Waals surface area contributed by atoms with Gasteiger partial charge in [-0.1, -0.05) is 11.8 Å². The smallest absolute Gasteiger partial charge is 0.313 e. The first kappa shape index (κ1) is 10.7. The maximum atomic E-state index is 10.4. The van der Waals surface area contributed by atoms with Crippen molar-refractivity contribution in [3.63, 3.8) is 0 Å². The minimum absolute atomic E-state index is 0.00000693. The van der Waals surface area contributed by atoms with E-state index in [4.69, 9.17) is 5.11 Å². The van der Waals surface area contributed by atoms with Crippen molar-refractivity contribution in [2.24, 2.45) is 7.05 Å². The Morgan fingerprint density at radius 3 is 3.06 bits per heavy atom. The predicted octanol–water partition coefficient (Wildman–Crippen LogP) is 0.987. The number of thioether (sulfide) groups is 1. The Morgan fingerprint density at radius 2 is 2.44 bits per heavy atom. The van der Waals surface area contributed by atoms with Crippen molar-refractivity contribution in [1.29, 1.82) is 0 Å². The van der Waals surface area contributed by atoms with Crippen molar-refractivity contribution < 1.29 is 9.90 Å². The molecule has 0 aliphatic carbocycles. The normalized spacial score (nSPS) is 10.6. The standard InChI is InChI=1S/C9H10N4O2S/c1-13-4-6(2-11-13)7-3-10-9(12-7)16-5-8(14)15/h2-4H,5H2,1H3,(H,10,12)(H,14,15). The van der Waals surface area contributed by atoms with E-state index in [2.05, 4.69) is 15.1 Å². The molecule has 0 aliphatic rings. The van der Waals surface area contributed by atoms with Gasteiger partial charge in [0.25, 0.3) is 0 Å². The number of aliphatic carboxylic acids is 1. The molecule has 0 unspecified atom stereocenters. The maximum Gasteiger partial charge on any atom is 0.313 e. The van der Waals surface area contributed by atoms with Gasteiger partial charge in [0.2, 0.25) is 0 Å². The molecule has 0 aliphatic heterocycles. The van der Waals surface area contributed by atoms with Crippen LogP contribution in [-0.2, 0) is 11.8 Å². The highest BCUT2D eigenvalue weighted by molar-refractivity contribution is 7.99. The van der Waals surface area contributed by atoms with Crippen LogP contribution in [0, 0.1) is 0 Å². The third-order valence-corrected chi connectivity index (χ3v) is 2.77. The summed E-state index contributed by atoms with van der Waals surface area (Å²) in [5.41, 5.74) is 1.76. The van der Waals surface area contributed by atoms with E-state index in [-0.39, 0.29) is 5.75 Å². The van der Waals surface area contributed by atoms with Crippen LogP contribution in [0.2, 0.25) is 0 Å². The molecule has 16 heavy (non-hydrogen) atoms. The topological polar surface area (TPSA) is 83.8 Å². The van der Waals surface area contributed by atoms with E-state index in [1.54, 1.807) is 17.1 Å². The Morgan fingerprint density at radius 1 is 1.62 bits per heavy atom. The predicted molar refractivity (Wildman–Crippen MR) is 59.1 cm³/mol. The van der Waals surface area contributed by atoms with Crippen molar-refractivity contribution in [3.05, 3.63) is 18.6 Å². The van der Waals surface area contributed by atoms with Gasteiger partial charge in [0, 0.05) is 18.8 Å². The van der Waals surface area contributed by atoms with E-state index in [9.17, 15) is 4.79 Å². The lowest BCUT2D eigenvalue weighted by Gasteiger charge is -1.92. The van der Waals surface area contributed by atoms with Gasteiger partial charge in [-0.25, -0.2) is 4.98 Å². The summed E-state index contributed by atoms with van der Waals surface area (Å²) in [4.78, 5) is 17.5. The number of hydrogen-bond acceptors (Lipinski definition) is 4. The number of aryl methyl sites for hydroxylation is 1. The fourth-order valence-electron chi connectivity index (χ4n) is 1.21. The highest BCUT2D eigenvalue weighted by Crippen LogP contribution is 2.20. The van der Waals surface area contributed by atoms with E-state index in [1.165, 1.54) is 0 Å². The first-order valence-electron chi connectivity index (χ1n) is 4.54. The van der Waals surface area contributed by atoms with Gasteiger partial charge >= 0.3 is 5.97 Å². The molecule has 0 aromatic carbocycles. The van der Waals surface area contributed by atoms with Crippen molar-refractivity contribution in [1.82, 2.24) is 19.7 Å². The molecule has 6 nitrogen and oxygen atoms in total. The van der Waals surface area contributed by atoms with Gasteiger partial charge in [-0.2, -0.15) is 5.10 Å². The highest BCUT2D eigenvalue weighted by Gasteiger charge is 2.06.